The number of rotatable bonds is 5. The fourth-order valence-electron chi connectivity index (χ4n) is 2.30. The number of aromatic nitrogens is 4. The van der Waals surface area contributed by atoms with E-state index >= 15 is 0 Å². The number of aryl methyl sites for hydroxylation is 1. The van der Waals surface area contributed by atoms with Crippen molar-refractivity contribution >= 4 is 17.7 Å². The van der Waals surface area contributed by atoms with E-state index in [1.807, 2.05) is 44.2 Å². The third-order valence-corrected chi connectivity index (χ3v) is 3.62. The minimum absolute atomic E-state index is 0.134. The quantitative estimate of drug-likeness (QED) is 0.707. The van der Waals surface area contributed by atoms with Crippen LogP contribution in [-0.2, 0) is 9.53 Å². The largest absolute Gasteiger partial charge is 0.450 e. The molecule has 0 saturated heterocycles. The summed E-state index contributed by atoms with van der Waals surface area (Å²) in [6.07, 6.45) is 1.58. The molecule has 2 aromatic heterocycles. The second-order valence-electron chi connectivity index (χ2n) is 5.51. The van der Waals surface area contributed by atoms with E-state index in [1.54, 1.807) is 12.3 Å². The molecular weight excluding hydrogens is 322 g/mol. The first-order valence-corrected chi connectivity index (χ1v) is 7.74. The third-order valence-electron chi connectivity index (χ3n) is 3.62. The van der Waals surface area contributed by atoms with Gasteiger partial charge in [-0.2, -0.15) is 4.98 Å². The molecular formula is C17H17N5O3. The van der Waals surface area contributed by atoms with Crippen molar-refractivity contribution < 1.29 is 14.3 Å². The number of carbonyl (C=O) groups is 2. The lowest BCUT2D eigenvalue weighted by Gasteiger charge is -2.13. The molecule has 25 heavy (non-hydrogen) atoms. The van der Waals surface area contributed by atoms with Gasteiger partial charge >= 0.3 is 5.97 Å². The van der Waals surface area contributed by atoms with Crippen LogP contribution >= 0.6 is 0 Å². The van der Waals surface area contributed by atoms with Crippen LogP contribution in [0.3, 0.4) is 0 Å². The Morgan fingerprint density at radius 2 is 2.00 bits per heavy atom. The van der Waals surface area contributed by atoms with Crippen molar-refractivity contribution in [2.75, 3.05) is 6.61 Å². The van der Waals surface area contributed by atoms with Crippen LogP contribution in [0.1, 0.15) is 34.8 Å². The molecule has 0 spiro atoms. The van der Waals surface area contributed by atoms with Gasteiger partial charge in [0.1, 0.15) is 0 Å². The molecule has 8 heteroatoms. The van der Waals surface area contributed by atoms with Gasteiger partial charge in [0.15, 0.2) is 6.61 Å². The van der Waals surface area contributed by atoms with E-state index < -0.39 is 18.5 Å². The molecule has 0 aliphatic carbocycles. The summed E-state index contributed by atoms with van der Waals surface area (Å²) in [5.41, 5.74) is 1.75. The van der Waals surface area contributed by atoms with Gasteiger partial charge in [0.05, 0.1) is 6.04 Å². The van der Waals surface area contributed by atoms with Crippen LogP contribution in [0.4, 0.5) is 0 Å². The summed E-state index contributed by atoms with van der Waals surface area (Å²) in [5.74, 6) is -1.00. The van der Waals surface area contributed by atoms with Crippen LogP contribution in [0.2, 0.25) is 0 Å². The minimum atomic E-state index is -0.771. The van der Waals surface area contributed by atoms with Crippen molar-refractivity contribution in [3.8, 4) is 0 Å². The smallest absolute Gasteiger partial charge is 0.378 e. The zero-order valence-corrected chi connectivity index (χ0v) is 13.8. The Kier molecular flexibility index (Phi) is 4.69. The zero-order valence-electron chi connectivity index (χ0n) is 13.8. The van der Waals surface area contributed by atoms with Gasteiger partial charge < -0.3 is 10.1 Å². The molecule has 128 valence electrons. The van der Waals surface area contributed by atoms with Gasteiger partial charge in [-0.05, 0) is 25.5 Å². The summed E-state index contributed by atoms with van der Waals surface area (Å²) in [5, 5.41) is 6.80. The van der Waals surface area contributed by atoms with E-state index in [9.17, 15) is 9.59 Å². The number of esters is 1. The second kappa shape index (κ2) is 7.08. The van der Waals surface area contributed by atoms with Gasteiger partial charge in [0.2, 0.25) is 0 Å². The van der Waals surface area contributed by atoms with Gasteiger partial charge in [0, 0.05) is 11.9 Å². The molecule has 0 fully saturated rings. The monoisotopic (exact) mass is 339 g/mol. The van der Waals surface area contributed by atoms with Crippen molar-refractivity contribution in [3.05, 3.63) is 59.7 Å². The number of hydrogen-bond acceptors (Lipinski definition) is 6. The van der Waals surface area contributed by atoms with Gasteiger partial charge in [-0.3, -0.25) is 4.79 Å². The van der Waals surface area contributed by atoms with Crippen molar-refractivity contribution in [3.63, 3.8) is 0 Å². The molecule has 0 saturated carbocycles. The highest BCUT2D eigenvalue weighted by Gasteiger charge is 2.18. The summed E-state index contributed by atoms with van der Waals surface area (Å²) in [4.78, 5) is 32.0. The number of carbonyl (C=O) groups excluding carboxylic acids is 2. The first kappa shape index (κ1) is 16.6. The molecule has 3 rings (SSSR count). The lowest BCUT2D eigenvalue weighted by atomic mass is 10.1. The number of benzene rings is 1. The first-order chi connectivity index (χ1) is 12.0. The van der Waals surface area contributed by atoms with Crippen molar-refractivity contribution in [2.45, 2.75) is 19.9 Å². The third kappa shape index (κ3) is 3.79. The molecule has 0 radical (unpaired) electrons. The molecule has 0 bridgehead atoms. The maximum Gasteiger partial charge on any atom is 0.378 e. The number of amides is 1. The first-order valence-electron chi connectivity index (χ1n) is 7.74. The van der Waals surface area contributed by atoms with Gasteiger partial charge in [0.25, 0.3) is 17.5 Å². The van der Waals surface area contributed by atoms with Crippen LogP contribution in [0.5, 0.6) is 0 Å². The van der Waals surface area contributed by atoms with Gasteiger partial charge in [-0.25, -0.2) is 14.3 Å². The highest BCUT2D eigenvalue weighted by molar-refractivity contribution is 5.88. The molecule has 8 nitrogen and oxygen atoms in total. The van der Waals surface area contributed by atoms with E-state index in [1.165, 1.54) is 4.52 Å². The molecule has 3 aromatic rings. The lowest BCUT2D eigenvalue weighted by molar-refractivity contribution is -0.124. The topological polar surface area (TPSA) is 98.5 Å². The van der Waals surface area contributed by atoms with Crippen LogP contribution in [0, 0.1) is 6.92 Å². The van der Waals surface area contributed by atoms with Crippen molar-refractivity contribution in [2.24, 2.45) is 0 Å². The summed E-state index contributed by atoms with van der Waals surface area (Å²) >= 11 is 0. The Morgan fingerprint density at radius 1 is 1.24 bits per heavy atom. The summed E-state index contributed by atoms with van der Waals surface area (Å²) in [6, 6.07) is 11.1. The Balaban J connectivity index is 1.58. The second-order valence-corrected chi connectivity index (χ2v) is 5.51. The van der Waals surface area contributed by atoms with Crippen LogP contribution in [0.25, 0.3) is 5.78 Å². The number of nitrogens with zero attached hydrogens (tertiary/aromatic N) is 4. The van der Waals surface area contributed by atoms with Crippen LogP contribution < -0.4 is 5.32 Å². The Morgan fingerprint density at radius 3 is 2.72 bits per heavy atom. The molecule has 2 heterocycles. The number of hydrogen-bond donors (Lipinski definition) is 1. The molecule has 0 aliphatic heterocycles. The van der Waals surface area contributed by atoms with E-state index in [0.29, 0.717) is 5.78 Å². The summed E-state index contributed by atoms with van der Waals surface area (Å²) in [6.45, 7) is 3.27. The fraction of sp³-hybridized carbons (Fsp3) is 0.235. The van der Waals surface area contributed by atoms with E-state index in [2.05, 4.69) is 20.4 Å². The average Bonchev–Trinajstić information content (AvgIpc) is 3.06. The highest BCUT2D eigenvalue weighted by Crippen LogP contribution is 2.10. The van der Waals surface area contributed by atoms with Gasteiger partial charge in [-0.1, -0.05) is 30.3 Å². The molecule has 1 atom stereocenters. The fourth-order valence-corrected chi connectivity index (χ4v) is 2.30. The van der Waals surface area contributed by atoms with Gasteiger partial charge in [-0.15, -0.1) is 5.10 Å². The molecule has 1 amide bonds. The zero-order chi connectivity index (χ0) is 17.8. The molecule has 0 aliphatic rings. The Hall–Kier alpha value is -3.29. The van der Waals surface area contributed by atoms with E-state index in [0.717, 1.165) is 11.3 Å². The minimum Gasteiger partial charge on any atom is -0.450 e. The highest BCUT2D eigenvalue weighted by atomic mass is 16.5. The molecule has 1 aromatic carbocycles. The maximum atomic E-state index is 12.0. The van der Waals surface area contributed by atoms with E-state index in [-0.39, 0.29) is 11.9 Å². The van der Waals surface area contributed by atoms with Crippen molar-refractivity contribution in [1.82, 2.24) is 24.9 Å². The van der Waals surface area contributed by atoms with E-state index in [4.69, 9.17) is 4.74 Å². The Labute approximate surface area is 143 Å². The van der Waals surface area contributed by atoms with Crippen LogP contribution in [0.15, 0.2) is 42.6 Å². The normalized spacial score (nSPS) is 11.9. The average molecular weight is 339 g/mol. The number of nitrogens with one attached hydrogen (secondary N) is 1. The summed E-state index contributed by atoms with van der Waals surface area (Å²) < 4.78 is 6.42. The SMILES string of the molecule is Cc1ccnc2nc(C(=O)OCC(=O)N[C@@H](C)c3ccccc3)nn12. The Bertz CT molecular complexity index is 907. The number of fused-ring (bicyclic) bond motifs is 1. The molecule has 1 N–H and O–H groups in total. The summed E-state index contributed by atoms with van der Waals surface area (Å²) in [7, 11) is 0. The predicted molar refractivity (Wildman–Crippen MR) is 88.8 cm³/mol. The predicted octanol–water partition coefficient (Wildman–Crippen LogP) is 1.47. The maximum absolute atomic E-state index is 12.0. The molecule has 0 unspecified atom stereocenters. The van der Waals surface area contributed by atoms with Crippen molar-refractivity contribution in [1.29, 1.82) is 0 Å². The van der Waals surface area contributed by atoms with Crippen LogP contribution in [-0.4, -0.2) is 38.1 Å². The standard InChI is InChI=1S/C17H17N5O3/c1-11-8-9-18-17-20-15(21-22(11)17)16(24)25-10-14(23)19-12(2)13-6-4-3-5-7-13/h3-9,12H,10H2,1-2H3,(H,19,23)/t12-/m0/s1. The lowest BCUT2D eigenvalue weighted by Crippen LogP contribution is -2.31. The number of ether oxygens (including phenoxy) is 1.